The second-order valence-corrected chi connectivity index (χ2v) is 5.97. The van der Waals surface area contributed by atoms with Crippen molar-refractivity contribution in [3.05, 3.63) is 29.3 Å². The third-order valence-corrected chi connectivity index (χ3v) is 4.03. The molecule has 21 heavy (non-hydrogen) atoms. The summed E-state index contributed by atoms with van der Waals surface area (Å²) in [5.74, 6) is 8.75. The predicted octanol–water partition coefficient (Wildman–Crippen LogP) is 2.52. The summed E-state index contributed by atoms with van der Waals surface area (Å²) in [6, 6.07) is 6.01. The third kappa shape index (κ3) is 4.77. The zero-order valence-electron chi connectivity index (χ0n) is 13.2. The molecule has 1 fully saturated rings. The maximum Gasteiger partial charge on any atom is 0.119 e. The number of benzene rings is 1. The van der Waals surface area contributed by atoms with Crippen LogP contribution in [0.3, 0.4) is 0 Å². The van der Waals surface area contributed by atoms with E-state index in [1.54, 1.807) is 7.11 Å². The topological polar surface area (TPSA) is 32.7 Å². The van der Waals surface area contributed by atoms with Gasteiger partial charge in [0.1, 0.15) is 5.75 Å². The molecule has 1 saturated carbocycles. The Kier molecular flexibility index (Phi) is 5.67. The molecule has 0 aromatic heterocycles. The van der Waals surface area contributed by atoms with Gasteiger partial charge in [-0.25, -0.2) is 0 Å². The predicted molar refractivity (Wildman–Crippen MR) is 85.2 cm³/mol. The van der Waals surface area contributed by atoms with E-state index in [4.69, 9.17) is 9.84 Å². The fraction of sp³-hybridized carbons (Fsp3) is 0.556. The Balaban J connectivity index is 2.08. The van der Waals surface area contributed by atoms with Crippen molar-refractivity contribution < 1.29 is 9.84 Å². The molecule has 2 rings (SSSR count). The molecule has 1 aromatic rings. The van der Waals surface area contributed by atoms with Gasteiger partial charge >= 0.3 is 0 Å². The Labute approximate surface area is 127 Å². The fourth-order valence-corrected chi connectivity index (χ4v) is 2.57. The molecule has 1 aliphatic rings. The number of rotatable bonds is 6. The number of methoxy groups -OCH3 is 1. The van der Waals surface area contributed by atoms with Gasteiger partial charge in [0.15, 0.2) is 0 Å². The Hall–Kier alpha value is -1.50. The lowest BCUT2D eigenvalue weighted by Gasteiger charge is -2.18. The van der Waals surface area contributed by atoms with Crippen molar-refractivity contribution in [3.8, 4) is 17.6 Å². The third-order valence-electron chi connectivity index (χ3n) is 4.03. The fourth-order valence-electron chi connectivity index (χ4n) is 2.57. The number of hydrogen-bond acceptors (Lipinski definition) is 3. The monoisotopic (exact) mass is 287 g/mol. The summed E-state index contributed by atoms with van der Waals surface area (Å²) < 4.78 is 5.32. The number of hydrogen-bond donors (Lipinski definition) is 1. The number of aliphatic hydroxyl groups excluding tert-OH is 1. The normalized spacial score (nSPS) is 20.0. The van der Waals surface area contributed by atoms with E-state index in [2.05, 4.69) is 36.8 Å². The van der Waals surface area contributed by atoms with E-state index in [1.165, 1.54) is 12.0 Å². The minimum atomic E-state index is 0.109. The van der Waals surface area contributed by atoms with Crippen molar-refractivity contribution in [2.45, 2.75) is 26.3 Å². The largest absolute Gasteiger partial charge is 0.497 e. The molecule has 0 aliphatic heterocycles. The van der Waals surface area contributed by atoms with E-state index in [0.717, 1.165) is 36.2 Å². The van der Waals surface area contributed by atoms with Gasteiger partial charge in [-0.15, -0.1) is 0 Å². The smallest absolute Gasteiger partial charge is 0.119 e. The molecule has 3 heteroatoms. The molecule has 1 N–H and O–H groups in total. The van der Waals surface area contributed by atoms with Crippen LogP contribution in [0.1, 0.15) is 30.9 Å². The number of ether oxygens (including phenoxy) is 1. The first kappa shape index (κ1) is 15.9. The second-order valence-electron chi connectivity index (χ2n) is 5.97. The van der Waals surface area contributed by atoms with Gasteiger partial charge in [0.25, 0.3) is 0 Å². The van der Waals surface area contributed by atoms with Crippen LogP contribution in [0.4, 0.5) is 0 Å². The Morgan fingerprint density at radius 1 is 1.43 bits per heavy atom. The lowest BCUT2D eigenvalue weighted by molar-refractivity contribution is 0.305. The number of nitrogens with zero attached hydrogens (tertiary/aromatic N) is 1. The maximum absolute atomic E-state index is 8.84. The Morgan fingerprint density at radius 3 is 2.81 bits per heavy atom. The summed E-state index contributed by atoms with van der Waals surface area (Å²) in [4.78, 5) is 2.36. The molecule has 0 amide bonds. The molecule has 0 saturated heterocycles. The summed E-state index contributed by atoms with van der Waals surface area (Å²) in [7, 11) is 3.85. The Bertz CT molecular complexity index is 530. The van der Waals surface area contributed by atoms with Gasteiger partial charge in [0.05, 0.1) is 13.7 Å². The average molecular weight is 287 g/mol. The van der Waals surface area contributed by atoms with E-state index in [9.17, 15) is 0 Å². The molecule has 2 unspecified atom stereocenters. The van der Waals surface area contributed by atoms with Crippen LogP contribution in [0.25, 0.3) is 0 Å². The minimum Gasteiger partial charge on any atom is -0.497 e. The van der Waals surface area contributed by atoms with Gasteiger partial charge in [0.2, 0.25) is 0 Å². The van der Waals surface area contributed by atoms with E-state index in [1.807, 2.05) is 12.1 Å². The summed E-state index contributed by atoms with van der Waals surface area (Å²) in [6.45, 7) is 4.44. The molecule has 0 radical (unpaired) electrons. The van der Waals surface area contributed by atoms with E-state index in [0.29, 0.717) is 6.42 Å². The van der Waals surface area contributed by atoms with Crippen LogP contribution in [0.2, 0.25) is 0 Å². The van der Waals surface area contributed by atoms with Crippen molar-refractivity contribution in [1.29, 1.82) is 0 Å². The van der Waals surface area contributed by atoms with Crippen LogP contribution >= 0.6 is 0 Å². The van der Waals surface area contributed by atoms with E-state index < -0.39 is 0 Å². The van der Waals surface area contributed by atoms with Crippen molar-refractivity contribution in [2.75, 3.05) is 27.3 Å². The van der Waals surface area contributed by atoms with Gasteiger partial charge in [0, 0.05) is 25.1 Å². The van der Waals surface area contributed by atoms with Crippen LogP contribution in [-0.2, 0) is 6.54 Å². The first-order chi connectivity index (χ1) is 10.1. The average Bonchev–Trinajstić information content (AvgIpc) is 3.15. The van der Waals surface area contributed by atoms with Crippen LogP contribution in [-0.4, -0.2) is 37.3 Å². The molecular formula is C18H25NO2. The first-order valence-corrected chi connectivity index (χ1v) is 7.59. The highest BCUT2D eigenvalue weighted by Crippen LogP contribution is 2.38. The van der Waals surface area contributed by atoms with Crippen LogP contribution in [0, 0.1) is 23.7 Å². The number of aliphatic hydroxyl groups is 1. The van der Waals surface area contributed by atoms with Gasteiger partial charge in [-0.05, 0) is 49.1 Å². The maximum atomic E-state index is 8.84. The molecule has 3 nitrogen and oxygen atoms in total. The van der Waals surface area contributed by atoms with Gasteiger partial charge in [-0.2, -0.15) is 0 Å². The summed E-state index contributed by atoms with van der Waals surface area (Å²) in [6.07, 6.45) is 1.87. The summed E-state index contributed by atoms with van der Waals surface area (Å²) in [5, 5.41) is 8.84. The van der Waals surface area contributed by atoms with Gasteiger partial charge in [-0.3, -0.25) is 0 Å². The highest BCUT2D eigenvalue weighted by atomic mass is 16.5. The second kappa shape index (κ2) is 7.49. The van der Waals surface area contributed by atoms with Crippen LogP contribution in [0.5, 0.6) is 5.75 Å². The highest BCUT2D eigenvalue weighted by molar-refractivity contribution is 5.45. The van der Waals surface area contributed by atoms with Crippen molar-refractivity contribution in [2.24, 2.45) is 11.8 Å². The summed E-state index contributed by atoms with van der Waals surface area (Å²) >= 11 is 0. The van der Waals surface area contributed by atoms with Gasteiger partial charge in [-0.1, -0.05) is 18.8 Å². The Morgan fingerprint density at radius 2 is 2.19 bits per heavy atom. The zero-order chi connectivity index (χ0) is 15.2. The molecule has 2 atom stereocenters. The SMILES string of the molecule is COc1ccc(C#CCCO)c(CN(C)CC2CC2C)c1. The van der Waals surface area contributed by atoms with Crippen LogP contribution < -0.4 is 4.74 Å². The first-order valence-electron chi connectivity index (χ1n) is 7.59. The molecule has 0 bridgehead atoms. The molecule has 1 aromatic carbocycles. The highest BCUT2D eigenvalue weighted by Gasteiger charge is 2.33. The lowest BCUT2D eigenvalue weighted by atomic mass is 10.1. The lowest BCUT2D eigenvalue weighted by Crippen LogP contribution is -2.21. The van der Waals surface area contributed by atoms with Gasteiger partial charge < -0.3 is 14.7 Å². The molecule has 0 heterocycles. The van der Waals surface area contributed by atoms with E-state index in [-0.39, 0.29) is 6.61 Å². The van der Waals surface area contributed by atoms with Crippen molar-refractivity contribution in [1.82, 2.24) is 4.90 Å². The zero-order valence-corrected chi connectivity index (χ0v) is 13.2. The molecular weight excluding hydrogens is 262 g/mol. The van der Waals surface area contributed by atoms with Crippen molar-refractivity contribution in [3.63, 3.8) is 0 Å². The standard InChI is InChI=1S/C18H25NO2/c1-14-10-16(14)12-19(2)13-17-11-18(21-3)8-7-15(17)6-4-5-9-20/h7-8,11,14,16,20H,5,9-10,12-13H2,1-3H3. The quantitative estimate of drug-likeness (QED) is 0.816. The van der Waals surface area contributed by atoms with Crippen LogP contribution in [0.15, 0.2) is 18.2 Å². The molecule has 0 spiro atoms. The van der Waals surface area contributed by atoms with Crippen molar-refractivity contribution >= 4 is 0 Å². The molecule has 1 aliphatic carbocycles. The minimum absolute atomic E-state index is 0.109. The summed E-state index contributed by atoms with van der Waals surface area (Å²) in [5.41, 5.74) is 2.22. The van der Waals surface area contributed by atoms with E-state index >= 15 is 0 Å². The molecule has 114 valence electrons.